The van der Waals surface area contributed by atoms with Crippen LogP contribution in [0.3, 0.4) is 0 Å². The van der Waals surface area contributed by atoms with Crippen LogP contribution in [0.5, 0.6) is 5.75 Å². The van der Waals surface area contributed by atoms with Gasteiger partial charge in [0.05, 0.1) is 18.9 Å². The van der Waals surface area contributed by atoms with E-state index < -0.39 is 0 Å². The number of rotatable bonds is 5. The monoisotopic (exact) mass is 358 g/mol. The SMILES string of the molecule is COc1ccc([C@H]2CCCN2C(=O)CSc2nc(C)cc(N)n2)cc1. The highest BCUT2D eigenvalue weighted by Gasteiger charge is 2.29. The number of anilines is 1. The predicted octanol–water partition coefficient (Wildman–Crippen LogP) is 2.83. The molecule has 3 rings (SSSR count). The summed E-state index contributed by atoms with van der Waals surface area (Å²) in [6, 6.07) is 9.79. The summed E-state index contributed by atoms with van der Waals surface area (Å²) in [5.74, 6) is 1.67. The van der Waals surface area contributed by atoms with Crippen LogP contribution in [0, 0.1) is 6.92 Å². The number of thioether (sulfide) groups is 1. The van der Waals surface area contributed by atoms with E-state index in [4.69, 9.17) is 10.5 Å². The molecule has 1 aliphatic heterocycles. The van der Waals surface area contributed by atoms with Crippen molar-refractivity contribution in [3.63, 3.8) is 0 Å². The van der Waals surface area contributed by atoms with Crippen molar-refractivity contribution in [2.45, 2.75) is 31.0 Å². The number of methoxy groups -OCH3 is 1. The minimum Gasteiger partial charge on any atom is -0.497 e. The molecule has 6 nitrogen and oxygen atoms in total. The molecule has 2 N–H and O–H groups in total. The number of carbonyl (C=O) groups excluding carboxylic acids is 1. The summed E-state index contributed by atoms with van der Waals surface area (Å²) < 4.78 is 5.20. The molecule has 0 unspecified atom stereocenters. The molecule has 2 heterocycles. The first-order chi connectivity index (χ1) is 12.1. The van der Waals surface area contributed by atoms with E-state index in [1.165, 1.54) is 11.8 Å². The Morgan fingerprint density at radius 3 is 2.80 bits per heavy atom. The first-order valence-corrected chi connectivity index (χ1v) is 9.23. The highest BCUT2D eigenvalue weighted by atomic mass is 32.2. The van der Waals surface area contributed by atoms with Crippen LogP contribution in [0.15, 0.2) is 35.5 Å². The fraction of sp³-hybridized carbons (Fsp3) is 0.389. The second-order valence-electron chi connectivity index (χ2n) is 6.02. The van der Waals surface area contributed by atoms with E-state index in [1.807, 2.05) is 36.1 Å². The molecular formula is C18H22N4O2S. The molecule has 7 heteroatoms. The lowest BCUT2D eigenvalue weighted by atomic mass is 10.0. The Morgan fingerprint density at radius 1 is 1.36 bits per heavy atom. The number of aromatic nitrogens is 2. The molecule has 132 valence electrons. The third kappa shape index (κ3) is 4.22. The number of nitrogen functional groups attached to an aromatic ring is 1. The second-order valence-corrected chi connectivity index (χ2v) is 6.97. The van der Waals surface area contributed by atoms with E-state index in [2.05, 4.69) is 9.97 Å². The number of benzene rings is 1. The van der Waals surface area contributed by atoms with Gasteiger partial charge in [-0.05, 0) is 37.5 Å². The maximum Gasteiger partial charge on any atom is 0.233 e. The first-order valence-electron chi connectivity index (χ1n) is 8.24. The van der Waals surface area contributed by atoms with Crippen molar-refractivity contribution >= 4 is 23.5 Å². The van der Waals surface area contributed by atoms with Gasteiger partial charge in [0.2, 0.25) is 5.91 Å². The van der Waals surface area contributed by atoms with Gasteiger partial charge in [0.25, 0.3) is 0 Å². The highest BCUT2D eigenvalue weighted by molar-refractivity contribution is 7.99. The number of likely N-dealkylation sites (tertiary alicyclic amines) is 1. The van der Waals surface area contributed by atoms with Gasteiger partial charge in [0, 0.05) is 18.3 Å². The molecule has 0 bridgehead atoms. The Kier molecular flexibility index (Phi) is 5.43. The van der Waals surface area contributed by atoms with Crippen LogP contribution in [0.4, 0.5) is 5.82 Å². The highest BCUT2D eigenvalue weighted by Crippen LogP contribution is 2.33. The summed E-state index contributed by atoms with van der Waals surface area (Å²) in [6.45, 7) is 2.65. The fourth-order valence-corrected chi connectivity index (χ4v) is 3.87. The number of amides is 1. The lowest BCUT2D eigenvalue weighted by Crippen LogP contribution is -2.32. The summed E-state index contributed by atoms with van der Waals surface area (Å²) in [6.07, 6.45) is 2.00. The Labute approximate surface area is 151 Å². The van der Waals surface area contributed by atoms with E-state index in [-0.39, 0.29) is 11.9 Å². The van der Waals surface area contributed by atoms with Gasteiger partial charge in [0.1, 0.15) is 11.6 Å². The molecule has 1 fully saturated rings. The number of hydrogen-bond acceptors (Lipinski definition) is 6. The molecule has 0 radical (unpaired) electrons. The lowest BCUT2D eigenvalue weighted by Gasteiger charge is -2.25. The van der Waals surface area contributed by atoms with Crippen LogP contribution in [0.25, 0.3) is 0 Å². The molecule has 1 atom stereocenters. The molecule has 1 aromatic heterocycles. The Balaban J connectivity index is 1.65. The number of nitrogens with zero attached hydrogens (tertiary/aromatic N) is 3. The largest absolute Gasteiger partial charge is 0.497 e. The van der Waals surface area contributed by atoms with Crippen LogP contribution < -0.4 is 10.5 Å². The summed E-state index contributed by atoms with van der Waals surface area (Å²) >= 11 is 1.33. The van der Waals surface area contributed by atoms with Crippen LogP contribution in [-0.4, -0.2) is 40.2 Å². The van der Waals surface area contributed by atoms with E-state index >= 15 is 0 Å². The molecule has 1 amide bonds. The van der Waals surface area contributed by atoms with Gasteiger partial charge in [-0.2, -0.15) is 0 Å². The van der Waals surface area contributed by atoms with Gasteiger partial charge in [-0.1, -0.05) is 23.9 Å². The normalized spacial score (nSPS) is 16.9. The van der Waals surface area contributed by atoms with E-state index in [9.17, 15) is 4.79 Å². The third-order valence-electron chi connectivity index (χ3n) is 4.25. The van der Waals surface area contributed by atoms with Gasteiger partial charge in [0.15, 0.2) is 5.16 Å². The zero-order chi connectivity index (χ0) is 17.8. The Bertz CT molecular complexity index is 731. The number of carbonyl (C=O) groups is 1. The van der Waals surface area contributed by atoms with Crippen molar-refractivity contribution < 1.29 is 9.53 Å². The minimum atomic E-state index is 0.104. The molecular weight excluding hydrogens is 336 g/mol. The maximum atomic E-state index is 12.7. The first kappa shape index (κ1) is 17.5. The topological polar surface area (TPSA) is 81.3 Å². The van der Waals surface area contributed by atoms with Crippen molar-refractivity contribution in [1.82, 2.24) is 14.9 Å². The van der Waals surface area contributed by atoms with Gasteiger partial charge in [-0.15, -0.1) is 0 Å². The van der Waals surface area contributed by atoms with Crippen molar-refractivity contribution in [1.29, 1.82) is 0 Å². The van der Waals surface area contributed by atoms with Gasteiger partial charge >= 0.3 is 0 Å². The average Bonchev–Trinajstić information content (AvgIpc) is 3.09. The standard InChI is InChI=1S/C18H22N4O2S/c1-12-10-16(19)21-18(20-12)25-11-17(23)22-9-3-4-15(22)13-5-7-14(24-2)8-6-13/h5-8,10,15H,3-4,9,11H2,1-2H3,(H2,19,20,21)/t15-/m1/s1. The second kappa shape index (κ2) is 7.74. The van der Waals surface area contributed by atoms with Crippen molar-refractivity contribution in [2.24, 2.45) is 0 Å². The lowest BCUT2D eigenvalue weighted by molar-refractivity contribution is -0.129. The number of nitrogens with two attached hydrogens (primary N) is 1. The van der Waals surface area contributed by atoms with Crippen LogP contribution in [0.2, 0.25) is 0 Å². The quantitative estimate of drug-likeness (QED) is 0.654. The van der Waals surface area contributed by atoms with E-state index in [1.54, 1.807) is 13.2 Å². The predicted molar refractivity (Wildman–Crippen MR) is 98.6 cm³/mol. The minimum absolute atomic E-state index is 0.104. The number of ether oxygens (including phenoxy) is 1. The molecule has 0 spiro atoms. The Morgan fingerprint density at radius 2 is 2.12 bits per heavy atom. The summed E-state index contributed by atoms with van der Waals surface area (Å²) in [5, 5.41) is 0.547. The van der Waals surface area contributed by atoms with Gasteiger partial charge in [-0.3, -0.25) is 4.79 Å². The smallest absolute Gasteiger partial charge is 0.233 e. The number of aryl methyl sites for hydroxylation is 1. The third-order valence-corrected chi connectivity index (χ3v) is 5.08. The van der Waals surface area contributed by atoms with Crippen molar-refractivity contribution in [3.8, 4) is 5.75 Å². The Hall–Kier alpha value is -2.28. The maximum absolute atomic E-state index is 12.7. The molecule has 2 aromatic rings. The summed E-state index contributed by atoms with van der Waals surface area (Å²) in [7, 11) is 1.65. The summed E-state index contributed by atoms with van der Waals surface area (Å²) in [4.78, 5) is 23.1. The van der Waals surface area contributed by atoms with Crippen LogP contribution >= 0.6 is 11.8 Å². The van der Waals surface area contributed by atoms with Gasteiger partial charge < -0.3 is 15.4 Å². The van der Waals surface area contributed by atoms with Crippen LogP contribution in [-0.2, 0) is 4.79 Å². The molecule has 1 aromatic carbocycles. The molecule has 25 heavy (non-hydrogen) atoms. The zero-order valence-corrected chi connectivity index (χ0v) is 15.3. The molecule has 1 saturated heterocycles. The molecule has 0 saturated carbocycles. The molecule has 1 aliphatic rings. The van der Waals surface area contributed by atoms with Crippen LogP contribution in [0.1, 0.15) is 30.1 Å². The van der Waals surface area contributed by atoms with Crippen molar-refractivity contribution in [2.75, 3.05) is 25.1 Å². The molecule has 0 aliphatic carbocycles. The van der Waals surface area contributed by atoms with Gasteiger partial charge in [-0.25, -0.2) is 9.97 Å². The van der Waals surface area contributed by atoms with Crippen molar-refractivity contribution in [3.05, 3.63) is 41.6 Å². The van der Waals surface area contributed by atoms with E-state index in [0.717, 1.165) is 36.4 Å². The average molecular weight is 358 g/mol. The fourth-order valence-electron chi connectivity index (χ4n) is 3.08. The van der Waals surface area contributed by atoms with E-state index in [0.29, 0.717) is 16.7 Å². The zero-order valence-electron chi connectivity index (χ0n) is 14.4. The number of hydrogen-bond donors (Lipinski definition) is 1. The summed E-state index contributed by atoms with van der Waals surface area (Å²) in [5.41, 5.74) is 7.69.